The maximum absolute atomic E-state index is 12.1. The number of nitrogens with zero attached hydrogens (tertiary/aromatic N) is 1. The number of hydrogen-bond acceptors (Lipinski definition) is 6. The molecule has 0 aliphatic rings. The molecule has 0 saturated heterocycles. The minimum absolute atomic E-state index is 0.117. The van der Waals surface area contributed by atoms with Gasteiger partial charge in [-0.2, -0.15) is 0 Å². The van der Waals surface area contributed by atoms with Gasteiger partial charge >= 0.3 is 0 Å². The lowest BCUT2D eigenvalue weighted by atomic mass is 10.4. The Balaban J connectivity index is 2.18. The maximum Gasteiger partial charge on any atom is 0.260 e. The topological polar surface area (TPSA) is 97.1 Å². The van der Waals surface area contributed by atoms with Crippen molar-refractivity contribution in [1.82, 2.24) is 9.71 Å². The second-order valence-corrected chi connectivity index (χ2v) is 7.15. The monoisotopic (exact) mass is 362 g/mol. The largest absolute Gasteiger partial charge is 0.321 e. The summed E-state index contributed by atoms with van der Waals surface area (Å²) in [5.74, 6) is 5.27. The molecule has 4 N–H and O–H groups in total. The molecule has 0 aliphatic heterocycles. The van der Waals surface area contributed by atoms with Crippen LogP contribution < -0.4 is 16.0 Å². The molecule has 0 bridgehead atoms. The van der Waals surface area contributed by atoms with Gasteiger partial charge < -0.3 is 5.43 Å². The molecule has 0 fully saturated rings. The summed E-state index contributed by atoms with van der Waals surface area (Å²) >= 11 is 4.78. The van der Waals surface area contributed by atoms with Crippen molar-refractivity contribution in [3.8, 4) is 0 Å². The number of nitrogens with one attached hydrogen (secondary N) is 2. The summed E-state index contributed by atoms with van der Waals surface area (Å²) < 4.78 is 27.6. The van der Waals surface area contributed by atoms with Gasteiger partial charge in [-0.3, -0.25) is 5.84 Å². The van der Waals surface area contributed by atoms with Crippen molar-refractivity contribution in [2.45, 2.75) is 11.6 Å². The van der Waals surface area contributed by atoms with Crippen LogP contribution in [-0.4, -0.2) is 13.4 Å². The smallest absolute Gasteiger partial charge is 0.260 e. The van der Waals surface area contributed by atoms with E-state index in [1.807, 2.05) is 11.4 Å². The number of aromatic nitrogens is 1. The molecule has 0 aliphatic carbocycles. The average molecular weight is 363 g/mol. The zero-order valence-electron chi connectivity index (χ0n) is 9.63. The van der Waals surface area contributed by atoms with Crippen LogP contribution in [0, 0.1) is 0 Å². The number of pyridine rings is 1. The predicted octanol–water partition coefficient (Wildman–Crippen LogP) is 1.67. The lowest BCUT2D eigenvalue weighted by Crippen LogP contribution is -2.25. The first kappa shape index (κ1) is 14.4. The van der Waals surface area contributed by atoms with E-state index in [0.29, 0.717) is 0 Å². The fraction of sp³-hybridized carbons (Fsp3) is 0.100. The van der Waals surface area contributed by atoms with Crippen LogP contribution in [0.4, 0.5) is 5.69 Å². The van der Waals surface area contributed by atoms with Gasteiger partial charge in [-0.05, 0) is 34.1 Å². The highest BCUT2D eigenvalue weighted by Crippen LogP contribution is 2.21. The fourth-order valence-corrected chi connectivity index (χ4v) is 3.98. The Bertz CT molecular complexity index is 672. The highest BCUT2D eigenvalue weighted by molar-refractivity contribution is 9.10. The lowest BCUT2D eigenvalue weighted by Gasteiger charge is -2.08. The van der Waals surface area contributed by atoms with E-state index in [0.717, 1.165) is 9.35 Å². The van der Waals surface area contributed by atoms with Crippen LogP contribution in [0.5, 0.6) is 0 Å². The number of sulfonamides is 1. The van der Waals surface area contributed by atoms with E-state index in [9.17, 15) is 8.42 Å². The molecule has 19 heavy (non-hydrogen) atoms. The molecule has 2 aromatic heterocycles. The molecular formula is C10H11BrN4O2S2. The van der Waals surface area contributed by atoms with Gasteiger partial charge in [-0.25, -0.2) is 18.1 Å². The summed E-state index contributed by atoms with van der Waals surface area (Å²) in [6.07, 6.45) is 1.40. The van der Waals surface area contributed by atoms with Gasteiger partial charge in [-0.1, -0.05) is 0 Å². The summed E-state index contributed by atoms with van der Waals surface area (Å²) in [4.78, 5) is 4.74. The summed E-state index contributed by atoms with van der Waals surface area (Å²) in [7, 11) is -3.70. The average Bonchev–Trinajstić information content (AvgIpc) is 2.82. The Labute approximate surface area is 123 Å². The molecule has 0 unspecified atom stereocenters. The Morgan fingerprint density at radius 2 is 2.26 bits per heavy atom. The summed E-state index contributed by atoms with van der Waals surface area (Å²) in [6, 6.07) is 5.00. The van der Waals surface area contributed by atoms with Crippen LogP contribution >= 0.6 is 27.3 Å². The van der Waals surface area contributed by atoms with Crippen molar-refractivity contribution >= 4 is 43.0 Å². The zero-order chi connectivity index (χ0) is 13.9. The quantitative estimate of drug-likeness (QED) is 0.555. The molecule has 9 heteroatoms. The first-order chi connectivity index (χ1) is 9.03. The van der Waals surface area contributed by atoms with Crippen LogP contribution in [0.25, 0.3) is 0 Å². The summed E-state index contributed by atoms with van der Waals surface area (Å²) in [5.41, 5.74) is 2.57. The molecule has 2 aromatic rings. The predicted molar refractivity (Wildman–Crippen MR) is 78.1 cm³/mol. The number of rotatable bonds is 5. The number of nitrogens with two attached hydrogens (primary N) is 1. The van der Waals surface area contributed by atoms with Crippen molar-refractivity contribution in [2.75, 3.05) is 5.43 Å². The Kier molecular flexibility index (Phi) is 4.53. The first-order valence-corrected chi connectivity index (χ1v) is 8.33. The number of nitrogen functional groups attached to an aromatic ring is 1. The van der Waals surface area contributed by atoms with Crippen molar-refractivity contribution in [3.63, 3.8) is 0 Å². The van der Waals surface area contributed by atoms with Gasteiger partial charge in [0.05, 0.1) is 5.69 Å². The number of hydrogen-bond donors (Lipinski definition) is 3. The highest BCUT2D eigenvalue weighted by Gasteiger charge is 2.19. The first-order valence-electron chi connectivity index (χ1n) is 5.17. The minimum Gasteiger partial charge on any atom is -0.321 e. The van der Waals surface area contributed by atoms with Crippen LogP contribution in [0.15, 0.2) is 39.3 Å². The molecule has 0 aromatic carbocycles. The summed E-state index contributed by atoms with van der Waals surface area (Å²) in [6.45, 7) is 0.208. The van der Waals surface area contributed by atoms with E-state index in [1.54, 1.807) is 12.1 Å². The van der Waals surface area contributed by atoms with Crippen LogP contribution in [0.1, 0.15) is 4.88 Å². The molecule has 0 spiro atoms. The van der Waals surface area contributed by atoms with E-state index in [2.05, 4.69) is 31.1 Å². The van der Waals surface area contributed by atoms with E-state index in [4.69, 9.17) is 5.84 Å². The third-order valence-electron chi connectivity index (χ3n) is 2.24. The third kappa shape index (κ3) is 3.51. The number of hydrazine groups is 1. The molecule has 2 rings (SSSR count). The lowest BCUT2D eigenvalue weighted by molar-refractivity contribution is 0.578. The Hall–Kier alpha value is -1.000. The molecule has 102 valence electrons. The van der Waals surface area contributed by atoms with Crippen molar-refractivity contribution in [2.24, 2.45) is 5.84 Å². The molecule has 6 nitrogen and oxygen atoms in total. The third-order valence-corrected chi connectivity index (χ3v) is 5.30. The Morgan fingerprint density at radius 1 is 1.47 bits per heavy atom. The standard InChI is InChI=1S/C10H11BrN4O2S2/c11-7-4-8(18-6-7)5-14-19(16,17)10-9(15-12)2-1-3-13-10/h1-4,6,14-15H,5,12H2. The normalized spacial score (nSPS) is 11.5. The summed E-state index contributed by atoms with van der Waals surface area (Å²) in [5, 5.41) is 1.77. The molecule has 0 saturated carbocycles. The van der Waals surface area contributed by atoms with E-state index >= 15 is 0 Å². The fourth-order valence-electron chi connectivity index (χ4n) is 1.40. The van der Waals surface area contributed by atoms with Gasteiger partial charge in [0.15, 0.2) is 5.03 Å². The van der Waals surface area contributed by atoms with Crippen LogP contribution in [0.2, 0.25) is 0 Å². The van der Waals surface area contributed by atoms with E-state index in [-0.39, 0.29) is 17.3 Å². The van der Waals surface area contributed by atoms with Gasteiger partial charge in [-0.15, -0.1) is 11.3 Å². The number of anilines is 1. The van der Waals surface area contributed by atoms with Crippen molar-refractivity contribution < 1.29 is 8.42 Å². The second kappa shape index (κ2) is 5.97. The van der Waals surface area contributed by atoms with Crippen LogP contribution in [-0.2, 0) is 16.6 Å². The van der Waals surface area contributed by atoms with Crippen LogP contribution in [0.3, 0.4) is 0 Å². The molecular weight excluding hydrogens is 352 g/mol. The minimum atomic E-state index is -3.70. The van der Waals surface area contributed by atoms with Gasteiger partial charge in [0.1, 0.15) is 0 Å². The highest BCUT2D eigenvalue weighted by atomic mass is 79.9. The molecule has 0 atom stereocenters. The van der Waals surface area contributed by atoms with Crippen molar-refractivity contribution in [3.05, 3.63) is 39.1 Å². The number of halogens is 1. The van der Waals surface area contributed by atoms with Gasteiger partial charge in [0, 0.05) is 27.5 Å². The SMILES string of the molecule is NNc1cccnc1S(=O)(=O)NCc1cc(Br)cs1. The van der Waals surface area contributed by atoms with Gasteiger partial charge in [0.2, 0.25) is 0 Å². The molecule has 0 amide bonds. The van der Waals surface area contributed by atoms with Gasteiger partial charge in [0.25, 0.3) is 10.0 Å². The van der Waals surface area contributed by atoms with E-state index < -0.39 is 10.0 Å². The maximum atomic E-state index is 12.1. The Morgan fingerprint density at radius 3 is 2.89 bits per heavy atom. The van der Waals surface area contributed by atoms with E-state index in [1.165, 1.54) is 17.5 Å². The zero-order valence-corrected chi connectivity index (χ0v) is 12.8. The van der Waals surface area contributed by atoms with Crippen molar-refractivity contribution in [1.29, 1.82) is 0 Å². The second-order valence-electron chi connectivity index (χ2n) is 3.56. The molecule has 2 heterocycles. The molecule has 0 radical (unpaired) electrons. The number of thiophene rings is 1.